The van der Waals surface area contributed by atoms with Crippen LogP contribution in [0.3, 0.4) is 0 Å². The standard InChI is InChI=1S/C13H16N4/c1-17-8-11(7-15-17)16-13-5-2-9-6-10(14)3-4-12(9)13/h3-4,6-8,13,16H,2,5,14H2,1H3. The number of anilines is 2. The van der Waals surface area contributed by atoms with E-state index in [2.05, 4.69) is 22.5 Å². The maximum absolute atomic E-state index is 5.80. The van der Waals surface area contributed by atoms with Gasteiger partial charge in [-0.3, -0.25) is 4.68 Å². The second kappa shape index (κ2) is 3.80. The summed E-state index contributed by atoms with van der Waals surface area (Å²) < 4.78 is 1.81. The topological polar surface area (TPSA) is 55.9 Å². The molecule has 3 N–H and O–H groups in total. The Balaban J connectivity index is 1.84. The fourth-order valence-corrected chi connectivity index (χ4v) is 2.48. The molecule has 4 heteroatoms. The average Bonchev–Trinajstić information content (AvgIpc) is 2.86. The maximum atomic E-state index is 5.80. The largest absolute Gasteiger partial charge is 0.399 e. The van der Waals surface area contributed by atoms with Gasteiger partial charge in [0.05, 0.1) is 17.9 Å². The molecule has 0 saturated carbocycles. The minimum Gasteiger partial charge on any atom is -0.399 e. The van der Waals surface area contributed by atoms with Crippen molar-refractivity contribution < 1.29 is 0 Å². The summed E-state index contributed by atoms with van der Waals surface area (Å²) in [4.78, 5) is 0. The number of nitrogens with one attached hydrogen (secondary N) is 1. The number of nitrogens with two attached hydrogens (primary N) is 1. The smallest absolute Gasteiger partial charge is 0.0731 e. The monoisotopic (exact) mass is 228 g/mol. The molecule has 0 spiro atoms. The summed E-state index contributed by atoms with van der Waals surface area (Å²) in [6.45, 7) is 0. The molecule has 0 fully saturated rings. The van der Waals surface area contributed by atoms with E-state index in [-0.39, 0.29) is 0 Å². The molecule has 3 rings (SSSR count). The quantitative estimate of drug-likeness (QED) is 0.774. The first-order valence-electron chi connectivity index (χ1n) is 5.86. The lowest BCUT2D eigenvalue weighted by Gasteiger charge is -2.13. The van der Waals surface area contributed by atoms with Gasteiger partial charge in [-0.1, -0.05) is 6.07 Å². The average molecular weight is 228 g/mol. The Bertz CT molecular complexity index is 544. The van der Waals surface area contributed by atoms with Gasteiger partial charge in [0.25, 0.3) is 0 Å². The normalized spacial score (nSPS) is 18.1. The van der Waals surface area contributed by atoms with E-state index in [4.69, 9.17) is 5.73 Å². The lowest BCUT2D eigenvalue weighted by molar-refractivity contribution is 0.758. The van der Waals surface area contributed by atoms with Gasteiger partial charge in [-0.15, -0.1) is 0 Å². The van der Waals surface area contributed by atoms with E-state index in [1.807, 2.05) is 25.5 Å². The van der Waals surface area contributed by atoms with Crippen LogP contribution < -0.4 is 11.1 Å². The number of fused-ring (bicyclic) bond motifs is 1. The van der Waals surface area contributed by atoms with E-state index >= 15 is 0 Å². The van der Waals surface area contributed by atoms with Gasteiger partial charge in [-0.2, -0.15) is 5.10 Å². The zero-order valence-electron chi connectivity index (χ0n) is 9.85. The van der Waals surface area contributed by atoms with E-state index in [1.54, 1.807) is 4.68 Å². The number of rotatable bonds is 2. The molecule has 2 aromatic rings. The highest BCUT2D eigenvalue weighted by Crippen LogP contribution is 2.34. The van der Waals surface area contributed by atoms with Gasteiger partial charge < -0.3 is 11.1 Å². The molecule has 0 radical (unpaired) electrons. The molecular weight excluding hydrogens is 212 g/mol. The lowest BCUT2D eigenvalue weighted by Crippen LogP contribution is -2.06. The van der Waals surface area contributed by atoms with Gasteiger partial charge in [0.2, 0.25) is 0 Å². The summed E-state index contributed by atoms with van der Waals surface area (Å²) in [5.41, 5.74) is 10.5. The number of aryl methyl sites for hydroxylation is 2. The van der Waals surface area contributed by atoms with Crippen molar-refractivity contribution in [3.8, 4) is 0 Å². The van der Waals surface area contributed by atoms with Crippen LogP contribution in [-0.2, 0) is 13.5 Å². The number of nitrogens with zero attached hydrogens (tertiary/aromatic N) is 2. The van der Waals surface area contributed by atoms with E-state index in [0.717, 1.165) is 24.2 Å². The van der Waals surface area contributed by atoms with Crippen molar-refractivity contribution in [2.75, 3.05) is 11.1 Å². The van der Waals surface area contributed by atoms with Gasteiger partial charge in [-0.05, 0) is 36.1 Å². The highest BCUT2D eigenvalue weighted by atomic mass is 15.3. The molecule has 1 aromatic heterocycles. The molecule has 1 aliphatic rings. The van der Waals surface area contributed by atoms with E-state index < -0.39 is 0 Å². The molecular formula is C13H16N4. The molecule has 0 saturated heterocycles. The predicted molar refractivity (Wildman–Crippen MR) is 68.7 cm³/mol. The van der Waals surface area contributed by atoms with Gasteiger partial charge in [0, 0.05) is 18.9 Å². The molecule has 0 amide bonds. The summed E-state index contributed by atoms with van der Waals surface area (Å²) >= 11 is 0. The fraction of sp³-hybridized carbons (Fsp3) is 0.308. The number of aromatic nitrogens is 2. The minimum atomic E-state index is 0.384. The highest BCUT2D eigenvalue weighted by Gasteiger charge is 2.22. The van der Waals surface area contributed by atoms with Crippen molar-refractivity contribution in [2.24, 2.45) is 7.05 Å². The third-order valence-electron chi connectivity index (χ3n) is 3.29. The Hall–Kier alpha value is -1.97. The SMILES string of the molecule is Cn1cc(NC2CCc3cc(N)ccc32)cn1. The van der Waals surface area contributed by atoms with Crippen molar-refractivity contribution in [3.63, 3.8) is 0 Å². The summed E-state index contributed by atoms with van der Waals surface area (Å²) in [5, 5.41) is 7.68. The van der Waals surface area contributed by atoms with Crippen molar-refractivity contribution >= 4 is 11.4 Å². The Labute approximate surface area is 100 Å². The van der Waals surface area contributed by atoms with Crippen LogP contribution in [0.15, 0.2) is 30.6 Å². The van der Waals surface area contributed by atoms with Crippen LogP contribution >= 0.6 is 0 Å². The van der Waals surface area contributed by atoms with Crippen molar-refractivity contribution in [1.82, 2.24) is 9.78 Å². The van der Waals surface area contributed by atoms with Gasteiger partial charge >= 0.3 is 0 Å². The van der Waals surface area contributed by atoms with Crippen LogP contribution in [0.2, 0.25) is 0 Å². The zero-order chi connectivity index (χ0) is 11.8. The fourth-order valence-electron chi connectivity index (χ4n) is 2.48. The molecule has 1 aliphatic carbocycles. The first kappa shape index (κ1) is 10.2. The van der Waals surface area contributed by atoms with E-state index in [1.165, 1.54) is 11.1 Å². The number of hydrogen-bond donors (Lipinski definition) is 2. The number of nitrogen functional groups attached to an aromatic ring is 1. The summed E-state index contributed by atoms with van der Waals surface area (Å²) in [6.07, 6.45) is 6.07. The summed E-state index contributed by atoms with van der Waals surface area (Å²) in [6, 6.07) is 6.57. The molecule has 1 aromatic carbocycles. The third kappa shape index (κ3) is 1.86. The van der Waals surface area contributed by atoms with Crippen LogP contribution in [0.5, 0.6) is 0 Å². The van der Waals surface area contributed by atoms with Gasteiger partial charge in [0.1, 0.15) is 0 Å². The molecule has 1 atom stereocenters. The van der Waals surface area contributed by atoms with E-state index in [0.29, 0.717) is 6.04 Å². The molecule has 0 bridgehead atoms. The molecule has 4 nitrogen and oxygen atoms in total. The van der Waals surface area contributed by atoms with E-state index in [9.17, 15) is 0 Å². The van der Waals surface area contributed by atoms with Crippen LogP contribution in [0.1, 0.15) is 23.6 Å². The Morgan fingerprint density at radius 3 is 3.12 bits per heavy atom. The zero-order valence-corrected chi connectivity index (χ0v) is 9.85. The Morgan fingerprint density at radius 1 is 1.47 bits per heavy atom. The first-order valence-corrected chi connectivity index (χ1v) is 5.86. The van der Waals surface area contributed by atoms with Gasteiger partial charge in [0.15, 0.2) is 0 Å². The lowest BCUT2D eigenvalue weighted by atomic mass is 10.1. The molecule has 17 heavy (non-hydrogen) atoms. The summed E-state index contributed by atoms with van der Waals surface area (Å²) in [7, 11) is 1.93. The van der Waals surface area contributed by atoms with Crippen LogP contribution in [0.4, 0.5) is 11.4 Å². The first-order chi connectivity index (χ1) is 8.22. The van der Waals surface area contributed by atoms with Crippen LogP contribution in [0.25, 0.3) is 0 Å². The van der Waals surface area contributed by atoms with Crippen molar-refractivity contribution in [1.29, 1.82) is 0 Å². The van der Waals surface area contributed by atoms with Crippen molar-refractivity contribution in [2.45, 2.75) is 18.9 Å². The number of benzene rings is 1. The second-order valence-electron chi connectivity index (χ2n) is 4.60. The highest BCUT2D eigenvalue weighted by molar-refractivity contribution is 5.51. The third-order valence-corrected chi connectivity index (χ3v) is 3.29. The van der Waals surface area contributed by atoms with Crippen LogP contribution in [0, 0.1) is 0 Å². The predicted octanol–water partition coefficient (Wildman–Crippen LogP) is 2.10. The Morgan fingerprint density at radius 2 is 2.35 bits per heavy atom. The van der Waals surface area contributed by atoms with Crippen molar-refractivity contribution in [3.05, 3.63) is 41.7 Å². The summed E-state index contributed by atoms with van der Waals surface area (Å²) in [5.74, 6) is 0. The molecule has 1 heterocycles. The van der Waals surface area contributed by atoms with Crippen LogP contribution in [-0.4, -0.2) is 9.78 Å². The minimum absolute atomic E-state index is 0.384. The Kier molecular flexibility index (Phi) is 2.28. The molecule has 0 aliphatic heterocycles. The van der Waals surface area contributed by atoms with Gasteiger partial charge in [-0.25, -0.2) is 0 Å². The second-order valence-corrected chi connectivity index (χ2v) is 4.60. The molecule has 88 valence electrons. The number of hydrogen-bond acceptors (Lipinski definition) is 3. The maximum Gasteiger partial charge on any atom is 0.0731 e. The molecule has 1 unspecified atom stereocenters.